The number of ether oxygens (including phenoxy) is 1. The summed E-state index contributed by atoms with van der Waals surface area (Å²) in [6, 6.07) is 3.99. The molecule has 5 nitrogen and oxygen atoms in total. The van der Waals surface area contributed by atoms with Crippen molar-refractivity contribution in [3.8, 4) is 0 Å². The summed E-state index contributed by atoms with van der Waals surface area (Å²) in [6.07, 6.45) is -3.09. The lowest BCUT2D eigenvalue weighted by Gasteiger charge is -2.21. The van der Waals surface area contributed by atoms with Crippen molar-refractivity contribution in [3.63, 3.8) is 0 Å². The largest absolute Gasteiger partial charge is 0.444 e. The summed E-state index contributed by atoms with van der Waals surface area (Å²) in [5.41, 5.74) is -0.511. The predicted molar refractivity (Wildman–Crippen MR) is 81.2 cm³/mol. The van der Waals surface area contributed by atoms with Crippen molar-refractivity contribution in [3.05, 3.63) is 34.6 Å². The van der Waals surface area contributed by atoms with Gasteiger partial charge in [0.05, 0.1) is 11.1 Å². The molecule has 2 unspecified atom stereocenters. The molecule has 7 heteroatoms. The molecule has 0 aliphatic heterocycles. The molecule has 3 N–H and O–H groups in total. The summed E-state index contributed by atoms with van der Waals surface area (Å²) in [6.45, 7) is 5.30. The van der Waals surface area contributed by atoms with Gasteiger partial charge in [-0.1, -0.05) is 23.7 Å². The van der Waals surface area contributed by atoms with Crippen LogP contribution in [0.1, 0.15) is 38.9 Å². The minimum absolute atomic E-state index is 0.0627. The fraction of sp³-hybridized carbons (Fsp3) is 0.533. The van der Waals surface area contributed by atoms with Crippen LogP contribution in [-0.4, -0.2) is 34.6 Å². The number of halogens is 2. The second-order valence-corrected chi connectivity index (χ2v) is 6.25. The fourth-order valence-electron chi connectivity index (χ4n) is 1.75. The highest BCUT2D eigenvalue weighted by Gasteiger charge is 2.22. The number of alkyl carbamates (subject to hydrolysis) is 1. The van der Waals surface area contributed by atoms with E-state index in [2.05, 4.69) is 5.32 Å². The van der Waals surface area contributed by atoms with Crippen LogP contribution in [0.4, 0.5) is 9.18 Å². The third kappa shape index (κ3) is 5.79. The Morgan fingerprint density at radius 1 is 1.41 bits per heavy atom. The van der Waals surface area contributed by atoms with Gasteiger partial charge in [0.2, 0.25) is 0 Å². The van der Waals surface area contributed by atoms with Crippen molar-refractivity contribution < 1.29 is 24.1 Å². The van der Waals surface area contributed by atoms with Gasteiger partial charge in [0.1, 0.15) is 17.5 Å². The van der Waals surface area contributed by atoms with Gasteiger partial charge in [0.15, 0.2) is 0 Å². The number of rotatable bonds is 5. The molecule has 1 aromatic rings. The van der Waals surface area contributed by atoms with Crippen LogP contribution in [0.25, 0.3) is 0 Å². The van der Waals surface area contributed by atoms with Crippen LogP contribution in [0.15, 0.2) is 18.2 Å². The lowest BCUT2D eigenvalue weighted by atomic mass is 10.0. The minimum atomic E-state index is -1.34. The monoisotopic (exact) mass is 333 g/mol. The normalized spacial score (nSPS) is 14.3. The lowest BCUT2D eigenvalue weighted by molar-refractivity contribution is 0.0122. The Morgan fingerprint density at radius 3 is 2.64 bits per heavy atom. The van der Waals surface area contributed by atoms with Crippen molar-refractivity contribution in [2.24, 2.45) is 0 Å². The standard InChI is InChI=1S/C15H21ClFNO4/c1-15(2,3)22-14(21)18-8-7-11(19)13(20)9-5-4-6-10(17)12(9)16/h4-6,11,13,19-20H,7-8H2,1-3H3,(H,18,21). The molecular formula is C15H21ClFNO4. The molecule has 0 aliphatic rings. The molecule has 0 radical (unpaired) electrons. The van der Waals surface area contributed by atoms with Gasteiger partial charge in [-0.15, -0.1) is 0 Å². The number of amides is 1. The molecule has 1 rings (SSSR count). The first-order chi connectivity index (χ1) is 10.1. The number of hydrogen-bond acceptors (Lipinski definition) is 4. The first-order valence-electron chi connectivity index (χ1n) is 6.88. The number of benzene rings is 1. The van der Waals surface area contributed by atoms with Crippen LogP contribution in [0.2, 0.25) is 5.02 Å². The number of hydrogen-bond donors (Lipinski definition) is 3. The van der Waals surface area contributed by atoms with E-state index in [0.717, 1.165) is 6.07 Å². The van der Waals surface area contributed by atoms with Crippen molar-refractivity contribution in [1.82, 2.24) is 5.32 Å². The molecule has 0 aromatic heterocycles. The second-order valence-electron chi connectivity index (χ2n) is 5.87. The van der Waals surface area contributed by atoms with Crippen molar-refractivity contribution >= 4 is 17.7 Å². The molecular weight excluding hydrogens is 313 g/mol. The van der Waals surface area contributed by atoms with E-state index in [4.69, 9.17) is 16.3 Å². The van der Waals surface area contributed by atoms with Gasteiger partial charge in [-0.05, 0) is 33.3 Å². The van der Waals surface area contributed by atoms with Gasteiger partial charge in [0.25, 0.3) is 0 Å². The SMILES string of the molecule is CC(C)(C)OC(=O)NCCC(O)C(O)c1cccc(F)c1Cl. The summed E-state index contributed by atoms with van der Waals surface area (Å²) in [5.74, 6) is -0.669. The number of carbonyl (C=O) groups excluding carboxylic acids is 1. The van der Waals surface area contributed by atoms with Crippen LogP contribution in [0.3, 0.4) is 0 Å². The summed E-state index contributed by atoms with van der Waals surface area (Å²) in [5, 5.41) is 22.1. The molecule has 2 atom stereocenters. The Balaban J connectivity index is 2.50. The quantitative estimate of drug-likeness (QED) is 0.774. The Kier molecular flexibility index (Phi) is 6.59. The van der Waals surface area contributed by atoms with Gasteiger partial charge in [-0.3, -0.25) is 0 Å². The average molecular weight is 334 g/mol. The summed E-state index contributed by atoms with van der Waals surface area (Å²) >= 11 is 5.75. The van der Waals surface area contributed by atoms with Crippen LogP contribution in [0.5, 0.6) is 0 Å². The number of aliphatic hydroxyl groups excluding tert-OH is 2. The molecule has 0 heterocycles. The van der Waals surface area contributed by atoms with Gasteiger partial charge in [-0.2, -0.15) is 0 Å². The number of aliphatic hydroxyl groups is 2. The smallest absolute Gasteiger partial charge is 0.407 e. The van der Waals surface area contributed by atoms with E-state index in [0.29, 0.717) is 0 Å². The average Bonchev–Trinajstić information content (AvgIpc) is 2.39. The van der Waals surface area contributed by atoms with Gasteiger partial charge < -0.3 is 20.3 Å². The fourth-order valence-corrected chi connectivity index (χ4v) is 1.99. The molecule has 22 heavy (non-hydrogen) atoms. The number of carbonyl (C=O) groups is 1. The van der Waals surface area contributed by atoms with E-state index in [1.807, 2.05) is 0 Å². The Bertz CT molecular complexity index is 519. The van der Waals surface area contributed by atoms with Crippen molar-refractivity contribution in [2.45, 2.75) is 45.0 Å². The van der Waals surface area contributed by atoms with E-state index >= 15 is 0 Å². The van der Waals surface area contributed by atoms with Crippen molar-refractivity contribution in [2.75, 3.05) is 6.54 Å². The van der Waals surface area contributed by atoms with Gasteiger partial charge in [0, 0.05) is 12.1 Å². The molecule has 0 saturated carbocycles. The first kappa shape index (κ1) is 18.7. The molecule has 1 aromatic carbocycles. The third-order valence-electron chi connectivity index (χ3n) is 2.77. The summed E-state index contributed by atoms with van der Waals surface area (Å²) in [4.78, 5) is 11.4. The Hall–Kier alpha value is -1.37. The van der Waals surface area contributed by atoms with Crippen molar-refractivity contribution in [1.29, 1.82) is 0 Å². The maximum atomic E-state index is 13.3. The van der Waals surface area contributed by atoms with E-state index < -0.39 is 29.7 Å². The molecule has 0 aliphatic carbocycles. The van der Waals surface area contributed by atoms with Crippen LogP contribution in [-0.2, 0) is 4.74 Å². The zero-order valence-electron chi connectivity index (χ0n) is 12.8. The van der Waals surface area contributed by atoms with Gasteiger partial charge in [-0.25, -0.2) is 9.18 Å². The van der Waals surface area contributed by atoms with Crippen LogP contribution < -0.4 is 5.32 Å². The molecule has 0 bridgehead atoms. The molecule has 1 amide bonds. The maximum absolute atomic E-state index is 13.3. The zero-order chi connectivity index (χ0) is 16.9. The van der Waals surface area contributed by atoms with E-state index in [1.54, 1.807) is 20.8 Å². The minimum Gasteiger partial charge on any atom is -0.444 e. The predicted octanol–water partition coefficient (Wildman–Crippen LogP) is 2.79. The van der Waals surface area contributed by atoms with E-state index in [9.17, 15) is 19.4 Å². The Morgan fingerprint density at radius 2 is 2.05 bits per heavy atom. The van der Waals surface area contributed by atoms with E-state index in [1.165, 1.54) is 12.1 Å². The zero-order valence-corrected chi connectivity index (χ0v) is 13.5. The van der Waals surface area contributed by atoms with E-state index in [-0.39, 0.29) is 23.6 Å². The summed E-state index contributed by atoms with van der Waals surface area (Å²) < 4.78 is 18.4. The maximum Gasteiger partial charge on any atom is 0.407 e. The highest BCUT2D eigenvalue weighted by Crippen LogP contribution is 2.28. The summed E-state index contributed by atoms with van der Waals surface area (Å²) in [7, 11) is 0. The molecule has 0 saturated heterocycles. The highest BCUT2D eigenvalue weighted by atomic mass is 35.5. The molecule has 0 fully saturated rings. The lowest BCUT2D eigenvalue weighted by Crippen LogP contribution is -2.34. The van der Waals surface area contributed by atoms with Crippen LogP contribution >= 0.6 is 11.6 Å². The number of nitrogens with one attached hydrogen (secondary N) is 1. The second kappa shape index (κ2) is 7.76. The highest BCUT2D eigenvalue weighted by molar-refractivity contribution is 6.31. The Labute approximate surface area is 134 Å². The molecule has 124 valence electrons. The third-order valence-corrected chi connectivity index (χ3v) is 3.17. The van der Waals surface area contributed by atoms with Crippen LogP contribution in [0, 0.1) is 5.82 Å². The first-order valence-corrected chi connectivity index (χ1v) is 7.26. The van der Waals surface area contributed by atoms with Gasteiger partial charge >= 0.3 is 6.09 Å². The topological polar surface area (TPSA) is 78.8 Å². The molecule has 0 spiro atoms.